The summed E-state index contributed by atoms with van der Waals surface area (Å²) in [6.45, 7) is 14.1. The third-order valence-corrected chi connectivity index (χ3v) is 18.6. The van der Waals surface area contributed by atoms with Crippen LogP contribution in [0.2, 0.25) is 0 Å². The summed E-state index contributed by atoms with van der Waals surface area (Å²) < 4.78 is 68.3. The predicted octanol–water partition coefficient (Wildman–Crippen LogP) is 20.1. The Morgan fingerprint density at radius 1 is 0.311 bits per heavy atom. The third-order valence-electron chi connectivity index (χ3n) is 16.7. The van der Waals surface area contributed by atoms with Crippen LogP contribution in [0.5, 0.6) is 0 Å². The van der Waals surface area contributed by atoms with E-state index in [0.717, 1.165) is 114 Å². The number of unbranched alkanes of at least 4 members (excludes halogenated alkanes) is 33. The summed E-state index contributed by atoms with van der Waals surface area (Å²) in [4.78, 5) is 72.5. The Hall–Kier alpha value is -1.94. The molecule has 0 aliphatic carbocycles. The lowest BCUT2D eigenvalue weighted by molar-refractivity contribution is -0.161. The zero-order valence-corrected chi connectivity index (χ0v) is 60.6. The van der Waals surface area contributed by atoms with E-state index in [1.165, 1.54) is 148 Å². The molecule has 19 heteroatoms. The van der Waals surface area contributed by atoms with E-state index < -0.39 is 97.5 Å². The van der Waals surface area contributed by atoms with Gasteiger partial charge in [-0.15, -0.1) is 0 Å². The molecule has 0 radical (unpaired) electrons. The summed E-state index contributed by atoms with van der Waals surface area (Å²) in [5.41, 5.74) is 0. The van der Waals surface area contributed by atoms with Crippen LogP contribution in [0.1, 0.15) is 351 Å². The van der Waals surface area contributed by atoms with Gasteiger partial charge in [-0.05, 0) is 49.4 Å². The van der Waals surface area contributed by atoms with Crippen LogP contribution in [-0.2, 0) is 65.4 Å². The van der Waals surface area contributed by atoms with Gasteiger partial charge in [-0.3, -0.25) is 37.3 Å². The number of aliphatic hydroxyl groups excluding tert-OH is 1. The molecular weight excluding hydrogens is 1190 g/mol. The molecule has 90 heavy (non-hydrogen) atoms. The van der Waals surface area contributed by atoms with Crippen molar-refractivity contribution < 1.29 is 80.2 Å². The van der Waals surface area contributed by atoms with E-state index in [9.17, 15) is 43.2 Å². The van der Waals surface area contributed by atoms with Gasteiger partial charge in [0.1, 0.15) is 19.3 Å². The van der Waals surface area contributed by atoms with Crippen LogP contribution in [-0.4, -0.2) is 96.7 Å². The maximum atomic E-state index is 13.0. The number of hydrogen-bond donors (Lipinski definition) is 3. The molecule has 0 fully saturated rings. The van der Waals surface area contributed by atoms with Crippen molar-refractivity contribution in [1.29, 1.82) is 0 Å². The number of carbonyl (C=O) groups is 4. The van der Waals surface area contributed by atoms with E-state index in [1.807, 2.05) is 0 Å². The number of aliphatic hydroxyl groups is 1. The lowest BCUT2D eigenvalue weighted by Crippen LogP contribution is -2.30. The molecule has 6 atom stereocenters. The first-order chi connectivity index (χ1) is 43.1. The van der Waals surface area contributed by atoms with Gasteiger partial charge in [-0.1, -0.05) is 299 Å². The van der Waals surface area contributed by atoms with E-state index in [2.05, 4.69) is 55.4 Å². The highest BCUT2D eigenvalue weighted by Gasteiger charge is 2.30. The highest BCUT2D eigenvalue weighted by atomic mass is 31.2. The minimum absolute atomic E-state index is 0.103. The number of esters is 4. The molecule has 17 nitrogen and oxygen atoms in total. The van der Waals surface area contributed by atoms with E-state index in [-0.39, 0.29) is 25.7 Å². The molecule has 0 aliphatic rings. The fourth-order valence-corrected chi connectivity index (χ4v) is 12.2. The molecule has 0 saturated carbocycles. The summed E-state index contributed by atoms with van der Waals surface area (Å²) in [5, 5.41) is 10.6. The normalized spacial score (nSPS) is 14.6. The quantitative estimate of drug-likeness (QED) is 0.0222. The second-order valence-electron chi connectivity index (χ2n) is 27.3. The Morgan fingerprint density at radius 2 is 0.533 bits per heavy atom. The summed E-state index contributed by atoms with van der Waals surface area (Å²) >= 11 is 0. The number of carbonyl (C=O) groups excluding carboxylic acids is 4. The molecule has 0 heterocycles. The molecule has 0 aromatic heterocycles. The molecule has 0 aromatic carbocycles. The van der Waals surface area contributed by atoms with Crippen LogP contribution in [0.4, 0.5) is 0 Å². The monoisotopic (exact) mass is 1320 g/mol. The highest BCUT2D eigenvalue weighted by Crippen LogP contribution is 2.45. The third kappa shape index (κ3) is 63.5. The average Bonchev–Trinajstić information content (AvgIpc) is 2.21. The van der Waals surface area contributed by atoms with E-state index in [0.29, 0.717) is 31.6 Å². The minimum Gasteiger partial charge on any atom is -0.462 e. The van der Waals surface area contributed by atoms with Gasteiger partial charge in [0.05, 0.1) is 26.4 Å². The molecular formula is C71H138O17P2. The van der Waals surface area contributed by atoms with Crippen molar-refractivity contribution >= 4 is 39.5 Å². The molecule has 3 N–H and O–H groups in total. The largest absolute Gasteiger partial charge is 0.472 e. The van der Waals surface area contributed by atoms with Gasteiger partial charge in [0.15, 0.2) is 12.2 Å². The Bertz CT molecular complexity index is 1780. The first kappa shape index (κ1) is 88.1. The van der Waals surface area contributed by atoms with Gasteiger partial charge >= 0.3 is 39.5 Å². The predicted molar refractivity (Wildman–Crippen MR) is 363 cm³/mol. The number of rotatable bonds is 68. The van der Waals surface area contributed by atoms with Crippen molar-refractivity contribution in [1.82, 2.24) is 0 Å². The Balaban J connectivity index is 5.20. The Labute approximate surface area is 549 Å². The Kier molecular flexibility index (Phi) is 59.4. The molecule has 0 rings (SSSR count). The first-order valence-electron chi connectivity index (χ1n) is 36.7. The van der Waals surface area contributed by atoms with Gasteiger partial charge < -0.3 is 33.8 Å². The maximum absolute atomic E-state index is 13.0. The van der Waals surface area contributed by atoms with Gasteiger partial charge in [-0.2, -0.15) is 0 Å². The molecule has 0 bridgehead atoms. The second kappa shape index (κ2) is 60.7. The summed E-state index contributed by atoms with van der Waals surface area (Å²) in [6, 6.07) is 0. The lowest BCUT2D eigenvalue weighted by Gasteiger charge is -2.21. The van der Waals surface area contributed by atoms with Crippen LogP contribution >= 0.6 is 15.6 Å². The molecule has 0 spiro atoms. The molecule has 0 saturated heterocycles. The summed E-state index contributed by atoms with van der Waals surface area (Å²) in [5.74, 6) is 0.860. The van der Waals surface area contributed by atoms with Crippen molar-refractivity contribution in [2.45, 2.75) is 369 Å². The SMILES string of the molecule is CCC(C)CCCCCCCCCCCCCCCCC(=O)OC[C@H](COP(=O)(O)OCC(O)COP(=O)(O)OC[C@@H](COC(=O)CCCCCCCCCC(C)C)OC(=O)CCCCCCCCCCC(C)C)OC(=O)CCCCCCCCCCC(C)C. The highest BCUT2D eigenvalue weighted by molar-refractivity contribution is 7.47. The zero-order chi connectivity index (χ0) is 66.8. The molecule has 0 aliphatic heterocycles. The van der Waals surface area contributed by atoms with Crippen molar-refractivity contribution in [3.8, 4) is 0 Å². The first-order valence-corrected chi connectivity index (χ1v) is 39.7. The van der Waals surface area contributed by atoms with Gasteiger partial charge in [0.25, 0.3) is 0 Å². The van der Waals surface area contributed by atoms with Crippen LogP contribution in [0, 0.1) is 23.7 Å². The van der Waals surface area contributed by atoms with Gasteiger partial charge in [0, 0.05) is 25.7 Å². The van der Waals surface area contributed by atoms with Crippen molar-refractivity contribution in [3.05, 3.63) is 0 Å². The smallest absolute Gasteiger partial charge is 0.462 e. The van der Waals surface area contributed by atoms with E-state index in [4.69, 9.17) is 37.0 Å². The lowest BCUT2D eigenvalue weighted by atomic mass is 9.99. The molecule has 534 valence electrons. The van der Waals surface area contributed by atoms with Gasteiger partial charge in [-0.25, -0.2) is 9.13 Å². The fourth-order valence-electron chi connectivity index (χ4n) is 10.6. The van der Waals surface area contributed by atoms with Crippen molar-refractivity contribution in [2.24, 2.45) is 23.7 Å². The topological polar surface area (TPSA) is 237 Å². The van der Waals surface area contributed by atoms with Crippen LogP contribution < -0.4 is 0 Å². The zero-order valence-electron chi connectivity index (χ0n) is 58.8. The van der Waals surface area contributed by atoms with Crippen molar-refractivity contribution in [3.63, 3.8) is 0 Å². The number of hydrogen-bond acceptors (Lipinski definition) is 15. The molecule has 0 aromatic rings. The maximum Gasteiger partial charge on any atom is 0.472 e. The van der Waals surface area contributed by atoms with Gasteiger partial charge in [0.2, 0.25) is 0 Å². The number of phosphoric ester groups is 2. The van der Waals surface area contributed by atoms with Crippen molar-refractivity contribution in [2.75, 3.05) is 39.6 Å². The minimum atomic E-state index is -4.95. The standard InChI is InChI=1S/C71H138O17P2/c1-9-64(8)50-42-34-26-16-14-12-10-11-13-15-17-27-35-43-51-68(73)81-57-66(87-70(75)53-45-37-28-20-18-23-31-39-47-61(2)3)59-85-89(77,78)83-55-65(72)56-84-90(79,80)86-60-67(58-82-69(74)52-44-36-30-22-25-33-41-49-63(6)7)88-71(76)54-46-38-29-21-19-24-32-40-48-62(4)5/h61-67,72H,9-60H2,1-8H3,(H,77,78)(H,79,80)/t64?,65?,66-,67-/m1/s1. The van der Waals surface area contributed by atoms with E-state index in [1.54, 1.807) is 0 Å². The molecule has 0 amide bonds. The van der Waals surface area contributed by atoms with Crippen LogP contribution in [0.3, 0.4) is 0 Å². The number of phosphoric acid groups is 2. The molecule has 4 unspecified atom stereocenters. The average molecular weight is 1330 g/mol. The van der Waals surface area contributed by atoms with Crippen LogP contribution in [0.15, 0.2) is 0 Å². The van der Waals surface area contributed by atoms with Crippen LogP contribution in [0.25, 0.3) is 0 Å². The fraction of sp³-hybridized carbons (Fsp3) is 0.944. The number of ether oxygens (including phenoxy) is 4. The second-order valence-corrected chi connectivity index (χ2v) is 30.2. The summed E-state index contributed by atoms with van der Waals surface area (Å²) in [6.07, 6.45) is 43.2. The van der Waals surface area contributed by atoms with E-state index >= 15 is 0 Å². The summed E-state index contributed by atoms with van der Waals surface area (Å²) in [7, 11) is -9.90. The Morgan fingerprint density at radius 3 is 0.789 bits per heavy atom.